The number of aliphatic hydroxyl groups excluding tert-OH is 1. The van der Waals surface area contributed by atoms with Crippen LogP contribution in [0.5, 0.6) is 0 Å². The lowest BCUT2D eigenvalue weighted by Crippen LogP contribution is -2.48. The molecule has 1 rings (SSSR count). The largest absolute Gasteiger partial charge is 0.381 e. The van der Waals surface area contributed by atoms with Crippen LogP contribution in [0.4, 0.5) is 0 Å². The molecule has 0 aromatic rings. The van der Waals surface area contributed by atoms with Gasteiger partial charge in [-0.25, -0.2) is 0 Å². The van der Waals surface area contributed by atoms with E-state index in [2.05, 4.69) is 38.3 Å². The van der Waals surface area contributed by atoms with Crippen LogP contribution in [0.1, 0.15) is 47.0 Å². The van der Waals surface area contributed by atoms with Gasteiger partial charge < -0.3 is 10.4 Å². The summed E-state index contributed by atoms with van der Waals surface area (Å²) >= 11 is 0. The fraction of sp³-hybridized carbons (Fsp3) is 1.00. The minimum absolute atomic E-state index is 0.0953. The van der Waals surface area contributed by atoms with E-state index in [1.54, 1.807) is 0 Å². The standard InChI is InChI=1S/C13H28N2O/c1-5-14-9-13(4)7-11(15-10-16)6-12(2,3)8-13/h11,14-16H,5-10H2,1-4H3. The second kappa shape index (κ2) is 5.48. The number of rotatable bonds is 5. The molecule has 1 aliphatic rings. The summed E-state index contributed by atoms with van der Waals surface area (Å²) < 4.78 is 0. The Labute approximate surface area is 100 Å². The second-order valence-corrected chi connectivity index (χ2v) is 6.40. The second-order valence-electron chi connectivity index (χ2n) is 6.40. The van der Waals surface area contributed by atoms with Gasteiger partial charge in [0, 0.05) is 12.6 Å². The molecule has 0 aromatic heterocycles. The summed E-state index contributed by atoms with van der Waals surface area (Å²) in [5.74, 6) is 0. The summed E-state index contributed by atoms with van der Waals surface area (Å²) in [6.07, 6.45) is 3.58. The van der Waals surface area contributed by atoms with Gasteiger partial charge in [0.2, 0.25) is 0 Å². The zero-order chi connectivity index (χ0) is 12.2. The van der Waals surface area contributed by atoms with Crippen molar-refractivity contribution < 1.29 is 5.11 Å². The Kier molecular flexibility index (Phi) is 4.77. The number of hydrogen-bond donors (Lipinski definition) is 3. The molecule has 2 unspecified atom stereocenters. The van der Waals surface area contributed by atoms with Crippen molar-refractivity contribution >= 4 is 0 Å². The van der Waals surface area contributed by atoms with Crippen LogP contribution in [-0.2, 0) is 0 Å². The van der Waals surface area contributed by atoms with Gasteiger partial charge in [0.15, 0.2) is 0 Å². The summed E-state index contributed by atoms with van der Waals surface area (Å²) in [4.78, 5) is 0. The maximum atomic E-state index is 9.01. The van der Waals surface area contributed by atoms with Gasteiger partial charge in [0.05, 0.1) is 6.73 Å². The highest BCUT2D eigenvalue weighted by atomic mass is 16.3. The number of hydrogen-bond acceptors (Lipinski definition) is 3. The first-order valence-electron chi connectivity index (χ1n) is 6.46. The third kappa shape index (κ3) is 4.04. The molecule has 3 heteroatoms. The molecule has 0 spiro atoms. The van der Waals surface area contributed by atoms with Gasteiger partial charge in [-0.15, -0.1) is 0 Å². The quantitative estimate of drug-likeness (QED) is 0.628. The molecule has 16 heavy (non-hydrogen) atoms. The zero-order valence-corrected chi connectivity index (χ0v) is 11.3. The van der Waals surface area contributed by atoms with Gasteiger partial charge in [-0.1, -0.05) is 27.7 Å². The molecule has 0 aliphatic heterocycles. The molecule has 3 N–H and O–H groups in total. The van der Waals surface area contributed by atoms with E-state index in [0.717, 1.165) is 25.9 Å². The average molecular weight is 228 g/mol. The Hall–Kier alpha value is -0.120. The predicted molar refractivity (Wildman–Crippen MR) is 68.3 cm³/mol. The van der Waals surface area contributed by atoms with Gasteiger partial charge in [-0.3, -0.25) is 5.32 Å². The van der Waals surface area contributed by atoms with Crippen LogP contribution in [0, 0.1) is 10.8 Å². The van der Waals surface area contributed by atoms with Crippen LogP contribution in [0.3, 0.4) is 0 Å². The van der Waals surface area contributed by atoms with E-state index in [1.165, 1.54) is 6.42 Å². The Morgan fingerprint density at radius 3 is 2.50 bits per heavy atom. The third-order valence-corrected chi connectivity index (χ3v) is 3.63. The van der Waals surface area contributed by atoms with Crippen molar-refractivity contribution in [1.29, 1.82) is 0 Å². The smallest absolute Gasteiger partial charge is 0.0933 e. The normalized spacial score (nSPS) is 33.9. The van der Waals surface area contributed by atoms with Crippen LogP contribution in [0.25, 0.3) is 0 Å². The lowest BCUT2D eigenvalue weighted by atomic mass is 9.62. The minimum atomic E-state index is 0.0953. The number of nitrogens with one attached hydrogen (secondary N) is 2. The van der Waals surface area contributed by atoms with Crippen LogP contribution in [-0.4, -0.2) is 31.0 Å². The summed E-state index contributed by atoms with van der Waals surface area (Å²) in [6.45, 7) is 11.4. The van der Waals surface area contributed by atoms with E-state index in [9.17, 15) is 0 Å². The van der Waals surface area contributed by atoms with E-state index >= 15 is 0 Å². The van der Waals surface area contributed by atoms with Gasteiger partial charge in [-0.2, -0.15) is 0 Å². The molecule has 0 saturated heterocycles. The molecule has 1 fully saturated rings. The van der Waals surface area contributed by atoms with Crippen LogP contribution in [0.2, 0.25) is 0 Å². The molecule has 0 amide bonds. The molecule has 1 aliphatic carbocycles. The van der Waals surface area contributed by atoms with Crippen LogP contribution >= 0.6 is 0 Å². The molecular formula is C13H28N2O. The summed E-state index contributed by atoms with van der Waals surface area (Å²) in [6, 6.07) is 0.456. The first kappa shape index (κ1) is 13.9. The van der Waals surface area contributed by atoms with Crippen molar-refractivity contribution in [2.45, 2.75) is 53.0 Å². The minimum Gasteiger partial charge on any atom is -0.381 e. The summed E-state index contributed by atoms with van der Waals surface area (Å²) in [5, 5.41) is 15.7. The average Bonchev–Trinajstić information content (AvgIpc) is 2.12. The van der Waals surface area contributed by atoms with Crippen molar-refractivity contribution in [3.63, 3.8) is 0 Å². The summed E-state index contributed by atoms with van der Waals surface area (Å²) in [7, 11) is 0. The van der Waals surface area contributed by atoms with Crippen molar-refractivity contribution in [2.24, 2.45) is 10.8 Å². The molecule has 0 radical (unpaired) electrons. The Morgan fingerprint density at radius 1 is 1.25 bits per heavy atom. The monoisotopic (exact) mass is 228 g/mol. The molecule has 2 atom stereocenters. The van der Waals surface area contributed by atoms with Gasteiger partial charge in [0.25, 0.3) is 0 Å². The van der Waals surface area contributed by atoms with Crippen molar-refractivity contribution in [1.82, 2.24) is 10.6 Å². The fourth-order valence-corrected chi connectivity index (χ4v) is 3.47. The Bertz CT molecular complexity index is 218. The van der Waals surface area contributed by atoms with Crippen LogP contribution in [0.15, 0.2) is 0 Å². The van der Waals surface area contributed by atoms with Crippen molar-refractivity contribution in [2.75, 3.05) is 19.8 Å². The lowest BCUT2D eigenvalue weighted by Gasteiger charge is -2.47. The third-order valence-electron chi connectivity index (χ3n) is 3.63. The first-order chi connectivity index (χ1) is 7.41. The van der Waals surface area contributed by atoms with Crippen LogP contribution < -0.4 is 10.6 Å². The topological polar surface area (TPSA) is 44.3 Å². The van der Waals surface area contributed by atoms with Crippen molar-refractivity contribution in [3.8, 4) is 0 Å². The zero-order valence-electron chi connectivity index (χ0n) is 11.3. The van der Waals surface area contributed by atoms with Crippen molar-refractivity contribution in [3.05, 3.63) is 0 Å². The molecule has 96 valence electrons. The Balaban J connectivity index is 2.63. The van der Waals surface area contributed by atoms with Gasteiger partial charge >= 0.3 is 0 Å². The summed E-state index contributed by atoms with van der Waals surface area (Å²) in [5.41, 5.74) is 0.722. The molecule has 3 nitrogen and oxygen atoms in total. The first-order valence-corrected chi connectivity index (χ1v) is 6.46. The molecule has 0 aromatic carbocycles. The Morgan fingerprint density at radius 2 is 1.94 bits per heavy atom. The highest BCUT2D eigenvalue weighted by Gasteiger charge is 2.40. The maximum Gasteiger partial charge on any atom is 0.0933 e. The molecule has 1 saturated carbocycles. The van der Waals surface area contributed by atoms with E-state index in [-0.39, 0.29) is 6.73 Å². The van der Waals surface area contributed by atoms with E-state index < -0.39 is 0 Å². The van der Waals surface area contributed by atoms with E-state index in [4.69, 9.17) is 5.11 Å². The fourth-order valence-electron chi connectivity index (χ4n) is 3.47. The highest BCUT2D eigenvalue weighted by molar-refractivity contribution is 4.94. The molecular weight excluding hydrogens is 200 g/mol. The van der Waals surface area contributed by atoms with Gasteiger partial charge in [0.1, 0.15) is 0 Å². The highest BCUT2D eigenvalue weighted by Crippen LogP contribution is 2.45. The lowest BCUT2D eigenvalue weighted by molar-refractivity contribution is 0.0603. The maximum absolute atomic E-state index is 9.01. The SMILES string of the molecule is CCNCC1(C)CC(NCO)CC(C)(C)C1. The number of aliphatic hydroxyl groups is 1. The van der Waals surface area contributed by atoms with E-state index in [1.807, 2.05) is 0 Å². The molecule has 0 heterocycles. The van der Waals surface area contributed by atoms with Gasteiger partial charge in [-0.05, 0) is 36.6 Å². The predicted octanol–water partition coefficient (Wildman–Crippen LogP) is 1.72. The van der Waals surface area contributed by atoms with E-state index in [0.29, 0.717) is 16.9 Å². The molecule has 0 bridgehead atoms.